The van der Waals surface area contributed by atoms with Crippen molar-refractivity contribution >= 4 is 11.8 Å². The second kappa shape index (κ2) is 4.82. The van der Waals surface area contributed by atoms with Crippen molar-refractivity contribution in [3.63, 3.8) is 0 Å². The van der Waals surface area contributed by atoms with Crippen LogP contribution in [0.2, 0.25) is 0 Å². The summed E-state index contributed by atoms with van der Waals surface area (Å²) in [6.07, 6.45) is 1.76. The zero-order valence-electron chi connectivity index (χ0n) is 9.66. The van der Waals surface area contributed by atoms with E-state index in [-0.39, 0.29) is 23.8 Å². The molecule has 0 unspecified atom stereocenters. The molecule has 2 heterocycles. The molecule has 2 fully saturated rings. The second-order valence-corrected chi connectivity index (χ2v) is 4.66. The molecule has 0 radical (unpaired) electrons. The first-order chi connectivity index (χ1) is 7.66. The van der Waals surface area contributed by atoms with Gasteiger partial charge in [0.15, 0.2) is 0 Å². The minimum atomic E-state index is 0.0213. The lowest BCUT2D eigenvalue weighted by Crippen LogP contribution is -2.54. The molecule has 0 aromatic heterocycles. The molecule has 0 saturated carbocycles. The fourth-order valence-corrected chi connectivity index (χ4v) is 2.25. The Kier molecular flexibility index (Phi) is 3.43. The summed E-state index contributed by atoms with van der Waals surface area (Å²) in [5, 5.41) is 6.02. The molecule has 5 heteroatoms. The Hall–Kier alpha value is -1.10. The van der Waals surface area contributed by atoms with Gasteiger partial charge >= 0.3 is 0 Å². The summed E-state index contributed by atoms with van der Waals surface area (Å²) in [6, 6.07) is 0.251. The van der Waals surface area contributed by atoms with Crippen molar-refractivity contribution < 1.29 is 9.59 Å². The van der Waals surface area contributed by atoms with Crippen molar-refractivity contribution in [2.75, 3.05) is 26.2 Å². The van der Waals surface area contributed by atoms with E-state index in [1.54, 1.807) is 0 Å². The van der Waals surface area contributed by atoms with E-state index in [2.05, 4.69) is 10.6 Å². The lowest BCUT2D eigenvalue weighted by molar-refractivity contribution is -0.138. The maximum Gasteiger partial charge on any atom is 0.228 e. The van der Waals surface area contributed by atoms with E-state index in [1.165, 1.54) is 6.92 Å². The third-order valence-corrected chi connectivity index (χ3v) is 3.34. The maximum atomic E-state index is 11.9. The van der Waals surface area contributed by atoms with Crippen LogP contribution in [0.25, 0.3) is 0 Å². The summed E-state index contributed by atoms with van der Waals surface area (Å²) in [7, 11) is 0. The zero-order valence-corrected chi connectivity index (χ0v) is 9.66. The summed E-state index contributed by atoms with van der Waals surface area (Å²) in [4.78, 5) is 24.7. The number of piperidine rings is 1. The van der Waals surface area contributed by atoms with E-state index in [4.69, 9.17) is 0 Å². The van der Waals surface area contributed by atoms with Gasteiger partial charge in [0.05, 0.1) is 5.92 Å². The Morgan fingerprint density at radius 2 is 1.88 bits per heavy atom. The quantitative estimate of drug-likeness (QED) is 0.655. The van der Waals surface area contributed by atoms with Gasteiger partial charge in [-0.1, -0.05) is 0 Å². The molecule has 2 aliphatic rings. The molecule has 2 saturated heterocycles. The SMILES string of the molecule is CC(=O)NC1CCN(C(=O)C2CNC2)CC1. The molecule has 0 aromatic carbocycles. The van der Waals surface area contributed by atoms with Crippen molar-refractivity contribution in [2.45, 2.75) is 25.8 Å². The molecule has 0 bridgehead atoms. The Morgan fingerprint density at radius 1 is 1.25 bits per heavy atom. The van der Waals surface area contributed by atoms with Crippen LogP contribution in [0.5, 0.6) is 0 Å². The normalized spacial score (nSPS) is 22.7. The average molecular weight is 225 g/mol. The summed E-state index contributed by atoms with van der Waals surface area (Å²) in [6.45, 7) is 4.74. The Morgan fingerprint density at radius 3 is 2.31 bits per heavy atom. The lowest BCUT2D eigenvalue weighted by Gasteiger charge is -2.37. The number of nitrogens with one attached hydrogen (secondary N) is 2. The number of likely N-dealkylation sites (tertiary alicyclic amines) is 1. The van der Waals surface area contributed by atoms with E-state index in [0.717, 1.165) is 39.0 Å². The highest BCUT2D eigenvalue weighted by Crippen LogP contribution is 2.15. The van der Waals surface area contributed by atoms with Crippen molar-refractivity contribution in [3.8, 4) is 0 Å². The van der Waals surface area contributed by atoms with Crippen LogP contribution >= 0.6 is 0 Å². The molecule has 2 rings (SSSR count). The van der Waals surface area contributed by atoms with Gasteiger partial charge in [-0.3, -0.25) is 9.59 Å². The standard InChI is InChI=1S/C11H19N3O2/c1-8(15)13-10-2-4-14(5-3-10)11(16)9-6-12-7-9/h9-10,12H,2-7H2,1H3,(H,13,15). The number of amides is 2. The molecule has 0 spiro atoms. The topological polar surface area (TPSA) is 61.4 Å². The van der Waals surface area contributed by atoms with Gasteiger partial charge in [0.25, 0.3) is 0 Å². The third kappa shape index (κ3) is 2.52. The second-order valence-electron chi connectivity index (χ2n) is 4.66. The van der Waals surface area contributed by atoms with E-state index < -0.39 is 0 Å². The minimum absolute atomic E-state index is 0.0213. The highest BCUT2D eigenvalue weighted by Gasteiger charge is 2.31. The van der Waals surface area contributed by atoms with Crippen molar-refractivity contribution in [1.29, 1.82) is 0 Å². The molecular formula is C11H19N3O2. The Balaban J connectivity index is 1.76. The summed E-state index contributed by atoms with van der Waals surface area (Å²) in [5.41, 5.74) is 0. The van der Waals surface area contributed by atoms with Crippen LogP contribution < -0.4 is 10.6 Å². The first-order valence-electron chi connectivity index (χ1n) is 5.93. The first-order valence-corrected chi connectivity index (χ1v) is 5.93. The third-order valence-electron chi connectivity index (χ3n) is 3.34. The highest BCUT2D eigenvalue weighted by atomic mass is 16.2. The van der Waals surface area contributed by atoms with Gasteiger partial charge in [-0.2, -0.15) is 0 Å². The lowest BCUT2D eigenvalue weighted by atomic mass is 9.98. The predicted octanol–water partition coefficient (Wildman–Crippen LogP) is -0.667. The highest BCUT2D eigenvalue weighted by molar-refractivity contribution is 5.80. The van der Waals surface area contributed by atoms with Crippen LogP contribution in [0.1, 0.15) is 19.8 Å². The van der Waals surface area contributed by atoms with Crippen LogP contribution in [-0.2, 0) is 9.59 Å². The number of carbonyl (C=O) groups excluding carboxylic acids is 2. The molecule has 5 nitrogen and oxygen atoms in total. The molecule has 0 aliphatic carbocycles. The monoisotopic (exact) mass is 225 g/mol. The van der Waals surface area contributed by atoms with Gasteiger partial charge in [-0.15, -0.1) is 0 Å². The van der Waals surface area contributed by atoms with Gasteiger partial charge in [0, 0.05) is 39.1 Å². The zero-order chi connectivity index (χ0) is 11.5. The number of hydrogen-bond acceptors (Lipinski definition) is 3. The predicted molar refractivity (Wildman–Crippen MR) is 59.8 cm³/mol. The number of hydrogen-bond donors (Lipinski definition) is 2. The summed E-state index contributed by atoms with van der Waals surface area (Å²) < 4.78 is 0. The van der Waals surface area contributed by atoms with Crippen LogP contribution in [-0.4, -0.2) is 48.9 Å². The molecular weight excluding hydrogens is 206 g/mol. The fraction of sp³-hybridized carbons (Fsp3) is 0.818. The van der Waals surface area contributed by atoms with E-state index >= 15 is 0 Å². The minimum Gasteiger partial charge on any atom is -0.353 e. The molecule has 16 heavy (non-hydrogen) atoms. The molecule has 2 N–H and O–H groups in total. The van der Waals surface area contributed by atoms with Crippen LogP contribution in [0, 0.1) is 5.92 Å². The largest absolute Gasteiger partial charge is 0.353 e. The Bertz CT molecular complexity index is 281. The van der Waals surface area contributed by atoms with Crippen molar-refractivity contribution in [3.05, 3.63) is 0 Å². The van der Waals surface area contributed by atoms with E-state index in [9.17, 15) is 9.59 Å². The first kappa shape index (κ1) is 11.4. The van der Waals surface area contributed by atoms with Gasteiger partial charge in [-0.05, 0) is 12.8 Å². The van der Waals surface area contributed by atoms with Crippen LogP contribution in [0.4, 0.5) is 0 Å². The van der Waals surface area contributed by atoms with Gasteiger partial charge in [0.1, 0.15) is 0 Å². The van der Waals surface area contributed by atoms with Gasteiger partial charge in [-0.25, -0.2) is 0 Å². The number of rotatable bonds is 2. The smallest absolute Gasteiger partial charge is 0.228 e. The Labute approximate surface area is 95.6 Å². The number of nitrogens with zero attached hydrogens (tertiary/aromatic N) is 1. The van der Waals surface area contributed by atoms with E-state index in [0.29, 0.717) is 0 Å². The summed E-state index contributed by atoms with van der Waals surface area (Å²) in [5.74, 6) is 0.491. The van der Waals surface area contributed by atoms with Gasteiger partial charge in [0.2, 0.25) is 11.8 Å². The van der Waals surface area contributed by atoms with E-state index in [1.807, 2.05) is 4.90 Å². The van der Waals surface area contributed by atoms with Crippen LogP contribution in [0.3, 0.4) is 0 Å². The van der Waals surface area contributed by atoms with Crippen molar-refractivity contribution in [2.24, 2.45) is 5.92 Å². The molecule has 0 aromatic rings. The average Bonchev–Trinajstić information content (AvgIpc) is 2.15. The number of carbonyl (C=O) groups is 2. The van der Waals surface area contributed by atoms with Gasteiger partial charge < -0.3 is 15.5 Å². The summed E-state index contributed by atoms with van der Waals surface area (Å²) >= 11 is 0. The maximum absolute atomic E-state index is 11.9. The molecule has 2 amide bonds. The molecule has 2 aliphatic heterocycles. The fourth-order valence-electron chi connectivity index (χ4n) is 2.25. The molecule has 90 valence electrons. The van der Waals surface area contributed by atoms with Crippen molar-refractivity contribution in [1.82, 2.24) is 15.5 Å². The molecule has 0 atom stereocenters. The van der Waals surface area contributed by atoms with Crippen LogP contribution in [0.15, 0.2) is 0 Å².